The Morgan fingerprint density at radius 1 is 1.36 bits per heavy atom. The van der Waals surface area contributed by atoms with Gasteiger partial charge < -0.3 is 14.2 Å². The third kappa shape index (κ3) is 4.08. The summed E-state index contributed by atoms with van der Waals surface area (Å²) < 4.78 is 14.7. The molecule has 0 rings (SSSR count). The molecule has 65 valence electrons. The first kappa shape index (κ1) is 11.4. The largest absolute Gasteiger partial charge is 0.385 e. The molecule has 11 heavy (non-hydrogen) atoms. The zero-order chi connectivity index (χ0) is 8.91. The van der Waals surface area contributed by atoms with Crippen LogP contribution in [0.15, 0.2) is 0 Å². The predicted octanol–water partition coefficient (Wildman–Crippen LogP) is 0.703. The quantitative estimate of drug-likeness (QED) is 0.367. The van der Waals surface area contributed by atoms with Gasteiger partial charge in [-0.15, -0.1) is 0 Å². The van der Waals surface area contributed by atoms with Crippen LogP contribution in [0, 0.1) is 0 Å². The lowest BCUT2D eigenvalue weighted by Gasteiger charge is -2.25. The van der Waals surface area contributed by atoms with Crippen LogP contribution >= 0.6 is 11.6 Å². The summed E-state index contributed by atoms with van der Waals surface area (Å²) in [5.74, 6) is 0. The lowest BCUT2D eigenvalue weighted by molar-refractivity contribution is -0.155. The van der Waals surface area contributed by atoms with Gasteiger partial charge in [-0.1, -0.05) is 11.6 Å². The second-order valence-corrected chi connectivity index (χ2v) is 3.22. The fraction of sp³-hybridized carbons (Fsp3) is 1.00. The highest BCUT2D eigenvalue weighted by Gasteiger charge is 2.28. The first-order valence-electron chi connectivity index (χ1n) is 3.11. The molecule has 3 radical (unpaired) electrons. The second kappa shape index (κ2) is 5.11. The average Bonchev–Trinajstić information content (AvgIpc) is 2.04. The van der Waals surface area contributed by atoms with Crippen molar-refractivity contribution in [2.45, 2.75) is 17.4 Å². The highest BCUT2D eigenvalue weighted by atomic mass is 35.5. The Kier molecular flexibility index (Phi) is 5.29. The summed E-state index contributed by atoms with van der Waals surface area (Å²) in [6.45, 7) is 0. The van der Waals surface area contributed by atoms with Crippen molar-refractivity contribution in [3.8, 4) is 0 Å². The Balaban J connectivity index is 3.86. The number of hydrogen-bond donors (Lipinski definition) is 0. The van der Waals surface area contributed by atoms with E-state index in [9.17, 15) is 0 Å². The standard InChI is InChI=1S/C6H12ClO3Si/c1-8-5(11)4-6(7,9-2)10-3/h5H,4H2,1-3H3. The molecule has 5 heteroatoms. The summed E-state index contributed by atoms with van der Waals surface area (Å²) in [5.41, 5.74) is -0.174. The maximum Gasteiger partial charge on any atom is 0.249 e. The van der Waals surface area contributed by atoms with E-state index in [2.05, 4.69) is 10.2 Å². The highest BCUT2D eigenvalue weighted by molar-refractivity contribution is 6.22. The fourth-order valence-corrected chi connectivity index (χ4v) is 1.09. The van der Waals surface area contributed by atoms with Gasteiger partial charge in [0.1, 0.15) is 0 Å². The van der Waals surface area contributed by atoms with Gasteiger partial charge in [0, 0.05) is 33.5 Å². The first-order valence-corrected chi connectivity index (χ1v) is 4.06. The van der Waals surface area contributed by atoms with Crippen molar-refractivity contribution in [1.29, 1.82) is 0 Å². The molecule has 0 heterocycles. The van der Waals surface area contributed by atoms with Crippen molar-refractivity contribution in [3.05, 3.63) is 0 Å². The summed E-state index contributed by atoms with van der Waals surface area (Å²) in [7, 11) is 7.80. The summed E-state index contributed by atoms with van der Waals surface area (Å²) in [6, 6.07) is 0. The van der Waals surface area contributed by atoms with Crippen LogP contribution in [0.1, 0.15) is 6.42 Å². The lowest BCUT2D eigenvalue weighted by Crippen LogP contribution is -2.32. The highest BCUT2D eigenvalue weighted by Crippen LogP contribution is 2.23. The Hall–Kier alpha value is 0.387. The molecule has 0 spiro atoms. The maximum absolute atomic E-state index is 5.83. The van der Waals surface area contributed by atoms with Gasteiger partial charge in [0.25, 0.3) is 0 Å². The molecule has 0 aromatic carbocycles. The minimum absolute atomic E-state index is 0.174. The Bertz CT molecular complexity index is 108. The van der Waals surface area contributed by atoms with Crippen LogP contribution in [0.25, 0.3) is 0 Å². The molecule has 0 fully saturated rings. The minimum Gasteiger partial charge on any atom is -0.385 e. The summed E-state index contributed by atoms with van der Waals surface area (Å²) in [5, 5.41) is -1.09. The van der Waals surface area contributed by atoms with Crippen LogP contribution in [0.3, 0.4) is 0 Å². The summed E-state index contributed by atoms with van der Waals surface area (Å²) >= 11 is 5.83. The van der Waals surface area contributed by atoms with Crippen LogP contribution in [0.2, 0.25) is 0 Å². The van der Waals surface area contributed by atoms with E-state index in [-0.39, 0.29) is 5.73 Å². The number of hydrogen-bond acceptors (Lipinski definition) is 3. The molecule has 0 N–H and O–H groups in total. The maximum atomic E-state index is 5.83. The van der Waals surface area contributed by atoms with Crippen molar-refractivity contribution in [1.82, 2.24) is 0 Å². The third-order valence-corrected chi connectivity index (χ3v) is 2.23. The van der Waals surface area contributed by atoms with Gasteiger partial charge in [-0.25, -0.2) is 0 Å². The SMILES string of the molecule is COC([Si])CC(Cl)(OC)OC. The van der Waals surface area contributed by atoms with Gasteiger partial charge in [-0.05, 0) is 0 Å². The second-order valence-electron chi connectivity index (χ2n) is 2.00. The van der Waals surface area contributed by atoms with E-state index >= 15 is 0 Å². The molecule has 0 aliphatic rings. The molecule has 1 atom stereocenters. The van der Waals surface area contributed by atoms with Gasteiger partial charge >= 0.3 is 0 Å². The van der Waals surface area contributed by atoms with Crippen molar-refractivity contribution in [3.63, 3.8) is 0 Å². The lowest BCUT2D eigenvalue weighted by atomic mass is 10.4. The normalized spacial score (nSPS) is 15.0. The van der Waals surface area contributed by atoms with Gasteiger partial charge in [0.2, 0.25) is 5.25 Å². The van der Waals surface area contributed by atoms with Gasteiger partial charge in [0.15, 0.2) is 0 Å². The molecule has 0 bridgehead atoms. The van der Waals surface area contributed by atoms with Crippen LogP contribution in [-0.4, -0.2) is 42.5 Å². The Labute approximate surface area is 75.4 Å². The van der Waals surface area contributed by atoms with E-state index < -0.39 is 5.25 Å². The predicted molar refractivity (Wildman–Crippen MR) is 43.8 cm³/mol. The average molecular weight is 196 g/mol. The smallest absolute Gasteiger partial charge is 0.249 e. The van der Waals surface area contributed by atoms with Crippen LogP contribution < -0.4 is 0 Å². The van der Waals surface area contributed by atoms with E-state index in [1.54, 1.807) is 7.11 Å². The number of alkyl halides is 1. The van der Waals surface area contributed by atoms with E-state index in [1.807, 2.05) is 0 Å². The molecular weight excluding hydrogens is 184 g/mol. The molecule has 0 amide bonds. The van der Waals surface area contributed by atoms with Crippen LogP contribution in [-0.2, 0) is 14.2 Å². The molecule has 0 aliphatic carbocycles. The Morgan fingerprint density at radius 3 is 2.09 bits per heavy atom. The molecule has 0 saturated heterocycles. The Morgan fingerprint density at radius 2 is 1.82 bits per heavy atom. The van der Waals surface area contributed by atoms with E-state index in [1.165, 1.54) is 14.2 Å². The number of halogens is 1. The summed E-state index contributed by atoms with van der Waals surface area (Å²) in [4.78, 5) is 0. The van der Waals surface area contributed by atoms with Crippen LogP contribution in [0.4, 0.5) is 0 Å². The number of rotatable bonds is 5. The van der Waals surface area contributed by atoms with Crippen molar-refractivity contribution >= 4 is 21.8 Å². The number of ether oxygens (including phenoxy) is 3. The molecule has 0 saturated carbocycles. The molecular formula is C6H12ClO3Si. The zero-order valence-electron chi connectivity index (χ0n) is 6.89. The van der Waals surface area contributed by atoms with Gasteiger partial charge in [0.05, 0.1) is 10.2 Å². The van der Waals surface area contributed by atoms with Gasteiger partial charge in [-0.2, -0.15) is 0 Å². The van der Waals surface area contributed by atoms with E-state index in [4.69, 9.17) is 25.8 Å². The zero-order valence-corrected chi connectivity index (χ0v) is 8.64. The van der Waals surface area contributed by atoms with Crippen molar-refractivity contribution in [2.24, 2.45) is 0 Å². The minimum atomic E-state index is -1.09. The van der Waals surface area contributed by atoms with Gasteiger partial charge in [-0.3, -0.25) is 0 Å². The molecule has 3 nitrogen and oxygen atoms in total. The fourth-order valence-electron chi connectivity index (χ4n) is 0.555. The van der Waals surface area contributed by atoms with Crippen LogP contribution in [0.5, 0.6) is 0 Å². The third-order valence-electron chi connectivity index (χ3n) is 1.32. The van der Waals surface area contributed by atoms with E-state index in [0.717, 1.165) is 0 Å². The van der Waals surface area contributed by atoms with E-state index in [0.29, 0.717) is 6.42 Å². The topological polar surface area (TPSA) is 27.7 Å². The van der Waals surface area contributed by atoms with Crippen molar-refractivity contribution < 1.29 is 14.2 Å². The number of methoxy groups -OCH3 is 3. The monoisotopic (exact) mass is 195 g/mol. The molecule has 0 aliphatic heterocycles. The molecule has 1 unspecified atom stereocenters. The summed E-state index contributed by atoms with van der Waals surface area (Å²) in [6.07, 6.45) is 0.412. The van der Waals surface area contributed by atoms with Crippen molar-refractivity contribution in [2.75, 3.05) is 21.3 Å². The molecule has 0 aromatic rings. The molecule has 0 aromatic heterocycles. The first-order chi connectivity index (χ1) is 5.08.